The Bertz CT molecular complexity index is 771. The smallest absolute Gasteiger partial charge is 0.123 e. The average molecular weight is 525 g/mol. The lowest BCUT2D eigenvalue weighted by molar-refractivity contribution is -0.0278. The molecule has 1 aliphatic rings. The second kappa shape index (κ2) is 10.9. The number of likely N-dealkylation sites (tertiary alicyclic amines) is 1. The molecule has 2 aromatic carbocycles. The minimum atomic E-state index is -0.729. The molecule has 3 rings (SSSR count). The van der Waals surface area contributed by atoms with Gasteiger partial charge in [0.05, 0.1) is 12.2 Å². The van der Waals surface area contributed by atoms with E-state index in [-0.39, 0.29) is 0 Å². The van der Waals surface area contributed by atoms with E-state index < -0.39 is 5.60 Å². The molecule has 158 valence electrons. The van der Waals surface area contributed by atoms with Gasteiger partial charge in [-0.05, 0) is 55.2 Å². The fourth-order valence-corrected chi connectivity index (χ4v) is 4.57. The van der Waals surface area contributed by atoms with E-state index in [1.165, 1.54) is 24.8 Å². The zero-order valence-corrected chi connectivity index (χ0v) is 20.3. The van der Waals surface area contributed by atoms with Crippen LogP contribution in [-0.4, -0.2) is 29.7 Å². The molecule has 1 fully saturated rings. The summed E-state index contributed by atoms with van der Waals surface area (Å²) in [5, 5.41) is 11.1. The van der Waals surface area contributed by atoms with Crippen LogP contribution in [0.3, 0.4) is 0 Å². The van der Waals surface area contributed by atoms with E-state index in [1.54, 1.807) is 0 Å². The Kier molecular flexibility index (Phi) is 8.60. The molecular weight excluding hydrogens is 494 g/mol. The Balaban J connectivity index is 1.58. The zero-order chi connectivity index (χ0) is 20.7. The van der Waals surface area contributed by atoms with E-state index in [0.29, 0.717) is 0 Å². The van der Waals surface area contributed by atoms with E-state index >= 15 is 0 Å². The molecule has 0 saturated carbocycles. The van der Waals surface area contributed by atoms with E-state index in [1.807, 2.05) is 30.3 Å². The van der Waals surface area contributed by atoms with Gasteiger partial charge in [0.1, 0.15) is 5.75 Å². The molecule has 5 heteroatoms. The predicted molar refractivity (Wildman–Crippen MR) is 126 cm³/mol. The molecule has 0 atom stereocenters. The first-order valence-electron chi connectivity index (χ1n) is 10.6. The van der Waals surface area contributed by atoms with E-state index in [2.05, 4.69) is 55.8 Å². The van der Waals surface area contributed by atoms with Gasteiger partial charge in [-0.25, -0.2) is 0 Å². The molecule has 1 heterocycles. The summed E-state index contributed by atoms with van der Waals surface area (Å²) >= 11 is 7.07. The molecule has 0 spiro atoms. The number of rotatable bonds is 9. The van der Waals surface area contributed by atoms with Crippen LogP contribution in [-0.2, 0) is 12.1 Å². The predicted octanol–water partition coefficient (Wildman–Crippen LogP) is 6.65. The maximum Gasteiger partial charge on any atom is 0.123 e. The summed E-state index contributed by atoms with van der Waals surface area (Å²) < 4.78 is 8.22. The van der Waals surface area contributed by atoms with Crippen molar-refractivity contribution in [3.8, 4) is 5.75 Å². The summed E-state index contributed by atoms with van der Waals surface area (Å²) in [6.07, 6.45) is 6.33. The van der Waals surface area contributed by atoms with Gasteiger partial charge in [0, 0.05) is 34.1 Å². The summed E-state index contributed by atoms with van der Waals surface area (Å²) in [4.78, 5) is 2.42. The molecular formula is C24H31Br2NO2. The van der Waals surface area contributed by atoms with Gasteiger partial charge in [0.25, 0.3) is 0 Å². The van der Waals surface area contributed by atoms with Crippen molar-refractivity contribution < 1.29 is 9.84 Å². The van der Waals surface area contributed by atoms with E-state index in [0.717, 1.165) is 65.8 Å². The fourth-order valence-electron chi connectivity index (χ4n) is 3.89. The molecule has 0 bridgehead atoms. The van der Waals surface area contributed by atoms with Gasteiger partial charge in [-0.3, -0.25) is 4.90 Å². The van der Waals surface area contributed by atoms with Crippen molar-refractivity contribution in [3.05, 3.63) is 62.5 Å². The number of unbranched alkanes of at least 4 members (excludes halogenated alkanes) is 3. The van der Waals surface area contributed by atoms with Crippen molar-refractivity contribution in [2.45, 2.75) is 57.6 Å². The molecule has 3 nitrogen and oxygen atoms in total. The average Bonchev–Trinajstić information content (AvgIpc) is 2.71. The molecule has 0 aliphatic carbocycles. The van der Waals surface area contributed by atoms with Crippen LogP contribution in [0.4, 0.5) is 0 Å². The maximum absolute atomic E-state index is 11.1. The molecule has 0 amide bonds. The first-order chi connectivity index (χ1) is 14.0. The van der Waals surface area contributed by atoms with Crippen LogP contribution in [0.2, 0.25) is 0 Å². The first-order valence-corrected chi connectivity index (χ1v) is 12.2. The van der Waals surface area contributed by atoms with Crippen LogP contribution >= 0.6 is 31.9 Å². The SMILES string of the molecule is CCCCCCOc1ccc(Br)cc1CN1CCC(O)(c2ccc(Br)cc2)CC1. The highest BCUT2D eigenvalue weighted by molar-refractivity contribution is 9.10. The number of halogens is 2. The second-order valence-electron chi connectivity index (χ2n) is 7.98. The summed E-state index contributed by atoms with van der Waals surface area (Å²) in [5.74, 6) is 0.985. The molecule has 0 unspecified atom stereocenters. The second-order valence-corrected chi connectivity index (χ2v) is 9.81. The summed E-state index contributed by atoms with van der Waals surface area (Å²) in [6.45, 7) is 5.59. The van der Waals surface area contributed by atoms with Crippen molar-refractivity contribution in [1.82, 2.24) is 4.90 Å². The molecule has 1 saturated heterocycles. The fraction of sp³-hybridized carbons (Fsp3) is 0.500. The van der Waals surface area contributed by atoms with Crippen LogP contribution < -0.4 is 4.74 Å². The zero-order valence-electron chi connectivity index (χ0n) is 17.2. The van der Waals surface area contributed by atoms with E-state index in [4.69, 9.17) is 4.74 Å². The normalized spacial score (nSPS) is 16.7. The van der Waals surface area contributed by atoms with Crippen LogP contribution in [0.15, 0.2) is 51.4 Å². The Labute approximate surface area is 191 Å². The van der Waals surface area contributed by atoms with Gasteiger partial charge >= 0.3 is 0 Å². The monoisotopic (exact) mass is 523 g/mol. The Hall–Kier alpha value is -0.880. The van der Waals surface area contributed by atoms with Crippen molar-refractivity contribution in [1.29, 1.82) is 0 Å². The molecule has 0 aromatic heterocycles. The summed E-state index contributed by atoms with van der Waals surface area (Å²) in [6, 6.07) is 14.3. The lowest BCUT2D eigenvalue weighted by Gasteiger charge is -2.38. The topological polar surface area (TPSA) is 32.7 Å². The third-order valence-corrected chi connectivity index (χ3v) is 6.76. The number of hydrogen-bond donors (Lipinski definition) is 1. The van der Waals surface area contributed by atoms with Crippen LogP contribution in [0.25, 0.3) is 0 Å². The van der Waals surface area contributed by atoms with Crippen LogP contribution in [0.1, 0.15) is 56.6 Å². The quantitative estimate of drug-likeness (QED) is 0.372. The molecule has 1 N–H and O–H groups in total. The number of aliphatic hydroxyl groups is 1. The van der Waals surface area contributed by atoms with Gasteiger partial charge in [-0.15, -0.1) is 0 Å². The van der Waals surface area contributed by atoms with Crippen LogP contribution in [0.5, 0.6) is 5.75 Å². The number of ether oxygens (including phenoxy) is 1. The number of hydrogen-bond acceptors (Lipinski definition) is 3. The number of nitrogens with zero attached hydrogens (tertiary/aromatic N) is 1. The summed E-state index contributed by atoms with van der Waals surface area (Å²) in [5.41, 5.74) is 1.50. The largest absolute Gasteiger partial charge is 0.493 e. The lowest BCUT2D eigenvalue weighted by Crippen LogP contribution is -2.42. The standard InChI is InChI=1S/C24H31Br2NO2/c1-2-3-4-5-16-29-23-11-10-22(26)17-19(23)18-27-14-12-24(28,13-15-27)20-6-8-21(25)9-7-20/h6-11,17,28H,2-5,12-16,18H2,1H3. The van der Waals surface area contributed by atoms with Crippen molar-refractivity contribution in [2.75, 3.05) is 19.7 Å². The minimum absolute atomic E-state index is 0.729. The summed E-state index contributed by atoms with van der Waals surface area (Å²) in [7, 11) is 0. The van der Waals surface area contributed by atoms with Crippen LogP contribution in [0, 0.1) is 0 Å². The third-order valence-electron chi connectivity index (χ3n) is 5.74. The van der Waals surface area contributed by atoms with Crippen molar-refractivity contribution >= 4 is 31.9 Å². The molecule has 0 radical (unpaired) electrons. The Morgan fingerprint density at radius 3 is 2.34 bits per heavy atom. The van der Waals surface area contributed by atoms with Gasteiger partial charge in [-0.2, -0.15) is 0 Å². The van der Waals surface area contributed by atoms with Crippen molar-refractivity contribution in [2.24, 2.45) is 0 Å². The minimum Gasteiger partial charge on any atom is -0.493 e. The highest BCUT2D eigenvalue weighted by Crippen LogP contribution is 2.35. The van der Waals surface area contributed by atoms with Crippen molar-refractivity contribution in [3.63, 3.8) is 0 Å². The number of piperidine rings is 1. The van der Waals surface area contributed by atoms with Gasteiger partial charge in [-0.1, -0.05) is 70.2 Å². The Morgan fingerprint density at radius 2 is 1.66 bits per heavy atom. The van der Waals surface area contributed by atoms with E-state index in [9.17, 15) is 5.11 Å². The van der Waals surface area contributed by atoms with Gasteiger partial charge in [0.15, 0.2) is 0 Å². The highest BCUT2D eigenvalue weighted by atomic mass is 79.9. The molecule has 1 aliphatic heterocycles. The molecule has 2 aromatic rings. The number of benzene rings is 2. The molecule has 29 heavy (non-hydrogen) atoms. The maximum atomic E-state index is 11.1. The van der Waals surface area contributed by atoms with Gasteiger partial charge in [0.2, 0.25) is 0 Å². The highest BCUT2D eigenvalue weighted by Gasteiger charge is 2.34. The third kappa shape index (κ3) is 6.55. The lowest BCUT2D eigenvalue weighted by atomic mass is 9.84. The van der Waals surface area contributed by atoms with Gasteiger partial charge < -0.3 is 9.84 Å². The Morgan fingerprint density at radius 1 is 0.966 bits per heavy atom. The first kappa shape index (κ1) is 22.8.